The largest absolute Gasteiger partial charge is 0.288 e. The Morgan fingerprint density at radius 1 is 0.733 bits per heavy atom. The van der Waals surface area contributed by atoms with Crippen molar-refractivity contribution < 1.29 is 0 Å². The molecule has 0 aliphatic heterocycles. The molecular weight excluding hydrogens is 370 g/mol. The number of nitrogens with zero attached hydrogens (tertiary/aromatic N) is 2. The molecule has 30 heavy (non-hydrogen) atoms. The zero-order chi connectivity index (χ0) is 20.3. The van der Waals surface area contributed by atoms with Gasteiger partial charge in [0.2, 0.25) is 0 Å². The average Bonchev–Trinajstić information content (AvgIpc) is 3.20. The van der Waals surface area contributed by atoms with Crippen LogP contribution in [0, 0.1) is 0 Å². The lowest BCUT2D eigenvalue weighted by atomic mass is 10.0. The lowest BCUT2D eigenvalue weighted by Gasteiger charge is -2.05. The summed E-state index contributed by atoms with van der Waals surface area (Å²) in [5.74, 6) is 0. The molecule has 3 aromatic carbocycles. The van der Waals surface area contributed by atoms with E-state index in [1.165, 1.54) is 5.56 Å². The summed E-state index contributed by atoms with van der Waals surface area (Å²) in [6.45, 7) is 0. The van der Waals surface area contributed by atoms with Crippen molar-refractivity contribution in [1.82, 2.24) is 14.6 Å². The molecule has 0 unspecified atom stereocenters. The highest BCUT2D eigenvalue weighted by molar-refractivity contribution is 5.90. The van der Waals surface area contributed by atoms with Crippen LogP contribution in [0.2, 0.25) is 0 Å². The van der Waals surface area contributed by atoms with E-state index in [4.69, 9.17) is 4.98 Å². The molecule has 5 rings (SSSR count). The highest BCUT2D eigenvalue weighted by Crippen LogP contribution is 2.33. The van der Waals surface area contributed by atoms with Gasteiger partial charge in [-0.3, -0.25) is 9.89 Å². The molecule has 5 aromatic rings. The lowest BCUT2D eigenvalue weighted by Crippen LogP contribution is -2.16. The molecule has 0 saturated heterocycles. The van der Waals surface area contributed by atoms with Crippen molar-refractivity contribution >= 4 is 5.65 Å². The minimum atomic E-state index is -0.0950. The Balaban J connectivity index is 1.66. The van der Waals surface area contributed by atoms with E-state index >= 15 is 0 Å². The third kappa shape index (κ3) is 3.44. The van der Waals surface area contributed by atoms with Gasteiger partial charge in [0.1, 0.15) is 0 Å². The third-order valence-electron chi connectivity index (χ3n) is 5.31. The number of nitrogens with one attached hydrogen (secondary N) is 1. The van der Waals surface area contributed by atoms with Gasteiger partial charge in [-0.25, -0.2) is 9.50 Å². The second-order valence-corrected chi connectivity index (χ2v) is 7.32. The van der Waals surface area contributed by atoms with E-state index in [9.17, 15) is 4.79 Å². The van der Waals surface area contributed by atoms with Crippen LogP contribution < -0.4 is 5.56 Å². The Kier molecular flexibility index (Phi) is 4.74. The molecule has 4 nitrogen and oxygen atoms in total. The van der Waals surface area contributed by atoms with E-state index in [-0.39, 0.29) is 5.56 Å². The second kappa shape index (κ2) is 7.84. The molecule has 0 amide bonds. The Hall–Kier alpha value is -3.92. The maximum absolute atomic E-state index is 12.9. The first-order valence-electron chi connectivity index (χ1n) is 10.1. The maximum Gasteiger partial charge on any atom is 0.272 e. The Morgan fingerprint density at radius 3 is 2.00 bits per heavy atom. The van der Waals surface area contributed by atoms with Crippen molar-refractivity contribution in [3.63, 3.8) is 0 Å². The highest BCUT2D eigenvalue weighted by Gasteiger charge is 2.18. The maximum atomic E-state index is 12.9. The third-order valence-corrected chi connectivity index (χ3v) is 5.31. The number of hydrogen-bond donors (Lipinski definition) is 1. The first kappa shape index (κ1) is 18.1. The predicted octanol–water partition coefficient (Wildman–Crippen LogP) is 5.14. The molecule has 146 valence electrons. The fourth-order valence-electron chi connectivity index (χ4n) is 3.82. The van der Waals surface area contributed by atoms with E-state index in [0.29, 0.717) is 5.65 Å². The quantitative estimate of drug-likeness (QED) is 0.451. The van der Waals surface area contributed by atoms with Crippen molar-refractivity contribution in [2.24, 2.45) is 0 Å². The highest BCUT2D eigenvalue weighted by atomic mass is 16.1. The van der Waals surface area contributed by atoms with Gasteiger partial charge in [0.25, 0.3) is 5.56 Å². The van der Waals surface area contributed by atoms with Gasteiger partial charge in [-0.1, -0.05) is 91.0 Å². The standard InChI is InChI=1S/C26H21N3O/c30-23-18-22(17-16-19-10-4-1-5-11-19)27-26-24(20-12-6-2-7-13-20)25(28-29(23)26)21-14-8-3-9-15-21/h1-15,18,28H,16-17H2. The van der Waals surface area contributed by atoms with Gasteiger partial charge in [0, 0.05) is 17.3 Å². The monoisotopic (exact) mass is 391 g/mol. The Labute approximate surface area is 174 Å². The molecule has 0 bridgehead atoms. The summed E-state index contributed by atoms with van der Waals surface area (Å²) in [5.41, 5.74) is 6.50. The Bertz CT molecular complexity index is 1340. The first-order chi connectivity index (χ1) is 14.8. The number of aromatic amines is 1. The van der Waals surface area contributed by atoms with Gasteiger partial charge in [0.15, 0.2) is 5.65 Å². The summed E-state index contributed by atoms with van der Waals surface area (Å²) in [6, 6.07) is 32.1. The molecule has 0 atom stereocenters. The number of aryl methyl sites for hydroxylation is 2. The van der Waals surface area contributed by atoms with Crippen LogP contribution in [0.4, 0.5) is 0 Å². The van der Waals surface area contributed by atoms with E-state index in [0.717, 1.165) is 40.9 Å². The first-order valence-corrected chi connectivity index (χ1v) is 10.1. The fraction of sp³-hybridized carbons (Fsp3) is 0.0769. The molecule has 1 N–H and O–H groups in total. The molecule has 0 aliphatic carbocycles. The minimum Gasteiger partial charge on any atom is -0.288 e. The van der Waals surface area contributed by atoms with Gasteiger partial charge < -0.3 is 0 Å². The van der Waals surface area contributed by atoms with E-state index < -0.39 is 0 Å². The van der Waals surface area contributed by atoms with E-state index in [1.54, 1.807) is 10.6 Å². The lowest BCUT2D eigenvalue weighted by molar-refractivity contribution is 0.854. The molecule has 0 aliphatic rings. The topological polar surface area (TPSA) is 50.2 Å². The molecule has 2 heterocycles. The number of benzene rings is 3. The van der Waals surface area contributed by atoms with Gasteiger partial charge in [-0.05, 0) is 24.0 Å². The zero-order valence-electron chi connectivity index (χ0n) is 16.5. The summed E-state index contributed by atoms with van der Waals surface area (Å²) in [6.07, 6.45) is 1.57. The molecule has 0 radical (unpaired) electrons. The van der Waals surface area contributed by atoms with Gasteiger partial charge in [0.05, 0.1) is 11.3 Å². The number of fused-ring (bicyclic) bond motifs is 1. The molecule has 0 saturated carbocycles. The van der Waals surface area contributed by atoms with Crippen molar-refractivity contribution in [2.45, 2.75) is 12.8 Å². The van der Waals surface area contributed by atoms with Gasteiger partial charge in [-0.15, -0.1) is 0 Å². The van der Waals surface area contributed by atoms with Gasteiger partial charge >= 0.3 is 0 Å². The van der Waals surface area contributed by atoms with Crippen molar-refractivity contribution in [3.05, 3.63) is 119 Å². The Morgan fingerprint density at radius 2 is 1.33 bits per heavy atom. The summed E-state index contributed by atoms with van der Waals surface area (Å²) in [5, 5.41) is 3.29. The van der Waals surface area contributed by atoms with E-state index in [2.05, 4.69) is 29.4 Å². The van der Waals surface area contributed by atoms with Crippen LogP contribution in [0.25, 0.3) is 28.0 Å². The normalized spacial score (nSPS) is 11.1. The van der Waals surface area contributed by atoms with Crippen LogP contribution in [0.1, 0.15) is 11.3 Å². The summed E-state index contributed by atoms with van der Waals surface area (Å²) >= 11 is 0. The molecule has 0 fully saturated rings. The minimum absolute atomic E-state index is 0.0950. The molecule has 0 spiro atoms. The van der Waals surface area contributed by atoms with Crippen molar-refractivity contribution in [1.29, 1.82) is 0 Å². The van der Waals surface area contributed by atoms with Crippen LogP contribution in [0.5, 0.6) is 0 Å². The molecule has 4 heteroatoms. The van der Waals surface area contributed by atoms with Crippen LogP contribution in [-0.4, -0.2) is 14.6 Å². The van der Waals surface area contributed by atoms with E-state index in [1.807, 2.05) is 66.7 Å². The van der Waals surface area contributed by atoms with Crippen molar-refractivity contribution in [3.8, 4) is 22.4 Å². The fourth-order valence-corrected chi connectivity index (χ4v) is 3.82. The number of aromatic nitrogens is 3. The number of rotatable bonds is 5. The smallest absolute Gasteiger partial charge is 0.272 e. The second-order valence-electron chi connectivity index (χ2n) is 7.32. The zero-order valence-corrected chi connectivity index (χ0v) is 16.5. The van der Waals surface area contributed by atoms with Crippen LogP contribution in [-0.2, 0) is 12.8 Å². The SMILES string of the molecule is O=c1cc(CCc2ccccc2)nc2c(-c3ccccc3)c(-c3ccccc3)[nH]n12. The average molecular weight is 391 g/mol. The van der Waals surface area contributed by atoms with Crippen LogP contribution in [0.15, 0.2) is 102 Å². The predicted molar refractivity (Wildman–Crippen MR) is 121 cm³/mol. The van der Waals surface area contributed by atoms with Crippen LogP contribution in [0.3, 0.4) is 0 Å². The number of H-pyrrole nitrogens is 1. The van der Waals surface area contributed by atoms with Crippen LogP contribution >= 0.6 is 0 Å². The van der Waals surface area contributed by atoms with Crippen molar-refractivity contribution in [2.75, 3.05) is 0 Å². The molecule has 2 aromatic heterocycles. The number of hydrogen-bond acceptors (Lipinski definition) is 2. The van der Waals surface area contributed by atoms with Gasteiger partial charge in [-0.2, -0.15) is 0 Å². The summed E-state index contributed by atoms with van der Waals surface area (Å²) in [4.78, 5) is 17.8. The summed E-state index contributed by atoms with van der Waals surface area (Å²) < 4.78 is 1.55. The summed E-state index contributed by atoms with van der Waals surface area (Å²) in [7, 11) is 0. The molecular formula is C26H21N3O.